The summed E-state index contributed by atoms with van der Waals surface area (Å²) in [7, 11) is 0. The lowest BCUT2D eigenvalue weighted by Gasteiger charge is -2.41. The van der Waals surface area contributed by atoms with Gasteiger partial charge in [0, 0.05) is 18.7 Å². The van der Waals surface area contributed by atoms with E-state index in [0.29, 0.717) is 0 Å². The first-order chi connectivity index (χ1) is 7.26. The summed E-state index contributed by atoms with van der Waals surface area (Å²) in [6, 6.07) is 0. The molecule has 1 aliphatic carbocycles. The fourth-order valence-electron chi connectivity index (χ4n) is 2.69. The molecule has 1 aliphatic rings. The lowest BCUT2D eigenvalue weighted by Crippen LogP contribution is -2.54. The van der Waals surface area contributed by atoms with Crippen LogP contribution in [0.2, 0.25) is 0 Å². The summed E-state index contributed by atoms with van der Waals surface area (Å²) in [5.41, 5.74) is 6.07. The Balaban J connectivity index is 2.43. The third-order valence-corrected chi connectivity index (χ3v) is 3.75. The fourth-order valence-corrected chi connectivity index (χ4v) is 2.69. The molecular formula is C12H26N2O. The zero-order valence-electron chi connectivity index (χ0n) is 9.97. The molecule has 0 spiro atoms. The maximum Gasteiger partial charge on any atom is 0.0443 e. The molecule has 90 valence electrons. The van der Waals surface area contributed by atoms with Crippen LogP contribution in [0.3, 0.4) is 0 Å². The van der Waals surface area contributed by atoms with Crippen molar-refractivity contribution in [1.29, 1.82) is 0 Å². The van der Waals surface area contributed by atoms with Crippen LogP contribution in [0.15, 0.2) is 0 Å². The number of nitrogens with one attached hydrogen (secondary N) is 1. The molecule has 1 rings (SSSR count). The number of rotatable bonds is 6. The molecule has 0 heterocycles. The molecule has 3 heteroatoms. The summed E-state index contributed by atoms with van der Waals surface area (Å²) in [6.45, 7) is 4.16. The molecule has 4 N–H and O–H groups in total. The minimum atomic E-state index is 0.161. The summed E-state index contributed by atoms with van der Waals surface area (Å²) < 4.78 is 0. The molecule has 0 aliphatic heterocycles. The zero-order valence-corrected chi connectivity index (χ0v) is 9.97. The monoisotopic (exact) mass is 214 g/mol. The van der Waals surface area contributed by atoms with Gasteiger partial charge in [0.05, 0.1) is 0 Å². The number of aliphatic hydroxyl groups is 1. The van der Waals surface area contributed by atoms with E-state index in [0.717, 1.165) is 25.4 Å². The predicted octanol–water partition coefficient (Wildman–Crippen LogP) is 1.26. The first kappa shape index (κ1) is 12.9. The Morgan fingerprint density at radius 2 is 2.33 bits per heavy atom. The third kappa shape index (κ3) is 3.74. The van der Waals surface area contributed by atoms with Crippen molar-refractivity contribution >= 4 is 0 Å². The molecule has 0 radical (unpaired) electrons. The highest BCUT2D eigenvalue weighted by molar-refractivity contribution is 4.94. The van der Waals surface area contributed by atoms with Crippen molar-refractivity contribution in [3.8, 4) is 0 Å². The van der Waals surface area contributed by atoms with E-state index in [1.807, 2.05) is 0 Å². The van der Waals surface area contributed by atoms with Crippen LogP contribution in [-0.4, -0.2) is 30.3 Å². The molecule has 1 fully saturated rings. The number of hydrogen-bond donors (Lipinski definition) is 3. The van der Waals surface area contributed by atoms with Gasteiger partial charge in [0.15, 0.2) is 0 Å². The Bertz CT molecular complexity index is 175. The lowest BCUT2D eigenvalue weighted by molar-refractivity contribution is 0.175. The van der Waals surface area contributed by atoms with E-state index >= 15 is 0 Å². The van der Waals surface area contributed by atoms with Crippen molar-refractivity contribution in [2.45, 2.75) is 51.0 Å². The summed E-state index contributed by atoms with van der Waals surface area (Å²) in [4.78, 5) is 0. The second-order valence-corrected chi connectivity index (χ2v) is 4.86. The highest BCUT2D eigenvalue weighted by atomic mass is 16.3. The summed E-state index contributed by atoms with van der Waals surface area (Å²) >= 11 is 0. The van der Waals surface area contributed by atoms with Crippen LogP contribution in [0, 0.1) is 5.92 Å². The molecule has 1 saturated carbocycles. The van der Waals surface area contributed by atoms with Crippen LogP contribution in [0.25, 0.3) is 0 Å². The van der Waals surface area contributed by atoms with Gasteiger partial charge in [-0.25, -0.2) is 0 Å². The zero-order chi connectivity index (χ0) is 11.1. The Hall–Kier alpha value is -0.120. The number of nitrogens with two attached hydrogens (primary N) is 1. The maximum atomic E-state index is 8.78. The summed E-state index contributed by atoms with van der Waals surface area (Å²) in [5.74, 6) is 0.837. The molecule has 0 saturated heterocycles. The minimum Gasteiger partial charge on any atom is -0.396 e. The SMILES string of the molecule is CCC1CCCC(CN)(NCCCO)C1. The van der Waals surface area contributed by atoms with Crippen LogP contribution in [0.4, 0.5) is 0 Å². The largest absolute Gasteiger partial charge is 0.396 e. The molecule has 0 amide bonds. The number of aliphatic hydroxyl groups excluding tert-OH is 1. The van der Waals surface area contributed by atoms with Gasteiger partial charge in [0.25, 0.3) is 0 Å². The Labute approximate surface area is 93.4 Å². The van der Waals surface area contributed by atoms with Gasteiger partial charge in [-0.1, -0.05) is 26.2 Å². The van der Waals surface area contributed by atoms with E-state index in [2.05, 4.69) is 12.2 Å². The first-order valence-corrected chi connectivity index (χ1v) is 6.32. The van der Waals surface area contributed by atoms with Gasteiger partial charge < -0.3 is 16.2 Å². The van der Waals surface area contributed by atoms with Gasteiger partial charge in [0.1, 0.15) is 0 Å². The van der Waals surface area contributed by atoms with Crippen molar-refractivity contribution in [2.24, 2.45) is 11.7 Å². The van der Waals surface area contributed by atoms with Gasteiger partial charge in [-0.15, -0.1) is 0 Å². The van der Waals surface area contributed by atoms with Gasteiger partial charge in [-0.05, 0) is 31.7 Å². The molecular weight excluding hydrogens is 188 g/mol. The lowest BCUT2D eigenvalue weighted by atomic mass is 9.74. The summed E-state index contributed by atoms with van der Waals surface area (Å²) in [5, 5.41) is 12.3. The van der Waals surface area contributed by atoms with Crippen LogP contribution in [0.1, 0.15) is 45.4 Å². The highest BCUT2D eigenvalue weighted by Crippen LogP contribution is 2.33. The van der Waals surface area contributed by atoms with Crippen molar-refractivity contribution in [2.75, 3.05) is 19.7 Å². The van der Waals surface area contributed by atoms with E-state index in [1.165, 1.54) is 32.1 Å². The van der Waals surface area contributed by atoms with E-state index in [4.69, 9.17) is 10.8 Å². The smallest absolute Gasteiger partial charge is 0.0443 e. The van der Waals surface area contributed by atoms with E-state index < -0.39 is 0 Å². The standard InChI is InChI=1S/C12H26N2O/c1-2-11-5-3-6-12(9-11,10-13)14-7-4-8-15/h11,14-15H,2-10,13H2,1H3. The first-order valence-electron chi connectivity index (χ1n) is 6.32. The Kier molecular flexibility index (Phi) is 5.58. The van der Waals surface area contributed by atoms with Crippen molar-refractivity contribution in [1.82, 2.24) is 5.32 Å². The highest BCUT2D eigenvalue weighted by Gasteiger charge is 2.33. The van der Waals surface area contributed by atoms with Crippen molar-refractivity contribution in [3.05, 3.63) is 0 Å². The molecule has 2 unspecified atom stereocenters. The van der Waals surface area contributed by atoms with Gasteiger partial charge >= 0.3 is 0 Å². The quantitative estimate of drug-likeness (QED) is 0.583. The number of hydrogen-bond acceptors (Lipinski definition) is 3. The Morgan fingerprint density at radius 3 is 2.93 bits per heavy atom. The average Bonchev–Trinajstić information content (AvgIpc) is 2.30. The molecule has 0 aromatic carbocycles. The van der Waals surface area contributed by atoms with Crippen LogP contribution < -0.4 is 11.1 Å². The van der Waals surface area contributed by atoms with Gasteiger partial charge in [-0.2, -0.15) is 0 Å². The van der Waals surface area contributed by atoms with Crippen LogP contribution >= 0.6 is 0 Å². The Morgan fingerprint density at radius 1 is 1.53 bits per heavy atom. The second kappa shape index (κ2) is 6.46. The van der Waals surface area contributed by atoms with E-state index in [9.17, 15) is 0 Å². The molecule has 15 heavy (non-hydrogen) atoms. The maximum absolute atomic E-state index is 8.78. The topological polar surface area (TPSA) is 58.3 Å². The van der Waals surface area contributed by atoms with Crippen molar-refractivity contribution in [3.63, 3.8) is 0 Å². The predicted molar refractivity (Wildman–Crippen MR) is 63.7 cm³/mol. The molecule has 0 bridgehead atoms. The second-order valence-electron chi connectivity index (χ2n) is 4.86. The molecule has 0 aromatic heterocycles. The molecule has 3 nitrogen and oxygen atoms in total. The van der Waals surface area contributed by atoms with E-state index in [-0.39, 0.29) is 12.1 Å². The van der Waals surface area contributed by atoms with Crippen LogP contribution in [-0.2, 0) is 0 Å². The van der Waals surface area contributed by atoms with Crippen molar-refractivity contribution < 1.29 is 5.11 Å². The van der Waals surface area contributed by atoms with Gasteiger partial charge in [-0.3, -0.25) is 0 Å². The summed E-state index contributed by atoms with van der Waals surface area (Å²) in [6.07, 6.45) is 7.17. The fraction of sp³-hybridized carbons (Fsp3) is 1.00. The average molecular weight is 214 g/mol. The molecule has 2 atom stereocenters. The van der Waals surface area contributed by atoms with Gasteiger partial charge in [0.2, 0.25) is 0 Å². The third-order valence-electron chi connectivity index (χ3n) is 3.75. The minimum absolute atomic E-state index is 0.161. The normalized spacial score (nSPS) is 31.8. The van der Waals surface area contributed by atoms with E-state index in [1.54, 1.807) is 0 Å². The molecule has 0 aromatic rings. The van der Waals surface area contributed by atoms with Crippen LogP contribution in [0.5, 0.6) is 0 Å².